The average molecular weight is 575 g/mol. The van der Waals surface area contributed by atoms with Gasteiger partial charge in [0.05, 0.1) is 17.6 Å². The van der Waals surface area contributed by atoms with E-state index in [-0.39, 0.29) is 34.8 Å². The molecule has 212 valence electrons. The fourth-order valence-corrected chi connectivity index (χ4v) is 5.98. The summed E-state index contributed by atoms with van der Waals surface area (Å²) >= 11 is 0. The number of pyridine rings is 1. The van der Waals surface area contributed by atoms with Crippen molar-refractivity contribution in [1.29, 1.82) is 0 Å². The van der Waals surface area contributed by atoms with Crippen LogP contribution in [-0.4, -0.2) is 68.1 Å². The minimum Gasteiger partial charge on any atom is -0.382 e. The van der Waals surface area contributed by atoms with Crippen molar-refractivity contribution in [2.24, 2.45) is 0 Å². The van der Waals surface area contributed by atoms with Gasteiger partial charge in [0, 0.05) is 48.4 Å². The maximum Gasteiger partial charge on any atom is 0.323 e. The number of hydrogen-bond donors (Lipinski definition) is 3. The summed E-state index contributed by atoms with van der Waals surface area (Å²) in [5.74, 6) is -0.388. The first-order chi connectivity index (χ1) is 19.6. The molecule has 0 unspecified atom stereocenters. The van der Waals surface area contributed by atoms with E-state index in [0.717, 1.165) is 23.1 Å². The summed E-state index contributed by atoms with van der Waals surface area (Å²) in [4.78, 5) is 40.0. The highest BCUT2D eigenvalue weighted by molar-refractivity contribution is 7.91. The van der Waals surface area contributed by atoms with E-state index in [1.54, 1.807) is 19.4 Å². The van der Waals surface area contributed by atoms with Crippen molar-refractivity contribution >= 4 is 27.2 Å². The van der Waals surface area contributed by atoms with Crippen LogP contribution >= 0.6 is 0 Å². The van der Waals surface area contributed by atoms with Gasteiger partial charge in [-0.25, -0.2) is 18.2 Å². The number of carbonyl (C=O) groups excluding carboxylic acids is 1. The van der Waals surface area contributed by atoms with Gasteiger partial charge in [0.25, 0.3) is 5.91 Å². The molecule has 12 nitrogen and oxygen atoms in total. The zero-order valence-corrected chi connectivity index (χ0v) is 23.6. The first-order valence-corrected chi connectivity index (χ1v) is 14.9. The number of rotatable bonds is 9. The summed E-state index contributed by atoms with van der Waals surface area (Å²) in [6, 6.07) is 13.3. The van der Waals surface area contributed by atoms with Crippen molar-refractivity contribution < 1.29 is 13.2 Å². The van der Waals surface area contributed by atoms with Crippen molar-refractivity contribution in [3.63, 3.8) is 0 Å². The zero-order chi connectivity index (χ0) is 29.3. The fraction of sp³-hybridized carbons (Fsp3) is 0.250. The predicted molar refractivity (Wildman–Crippen MR) is 155 cm³/mol. The number of nitrogens with zero attached hydrogens (tertiary/aromatic N) is 5. The second-order valence-electron chi connectivity index (χ2n) is 9.81. The highest BCUT2D eigenvalue weighted by Crippen LogP contribution is 2.31. The van der Waals surface area contributed by atoms with E-state index >= 15 is 0 Å². The molecular formula is C28H30N8O4S. The molecular weight excluding hydrogens is 544 g/mol. The molecule has 0 spiro atoms. The Bertz CT molecular complexity index is 1880. The number of amides is 1. The van der Waals surface area contributed by atoms with Crippen LogP contribution in [0.3, 0.4) is 0 Å². The van der Waals surface area contributed by atoms with Gasteiger partial charge in [0.1, 0.15) is 16.4 Å². The maximum absolute atomic E-state index is 12.9. The number of imidazole rings is 1. The lowest BCUT2D eigenvalue weighted by molar-refractivity contribution is 0.0714. The summed E-state index contributed by atoms with van der Waals surface area (Å²) in [6.45, 7) is 1.93. The van der Waals surface area contributed by atoms with Crippen LogP contribution in [0.1, 0.15) is 35.9 Å². The van der Waals surface area contributed by atoms with E-state index in [2.05, 4.69) is 20.1 Å². The molecule has 0 radical (unpaired) electrons. The van der Waals surface area contributed by atoms with Crippen LogP contribution in [-0.2, 0) is 16.3 Å². The Morgan fingerprint density at radius 2 is 1.88 bits per heavy atom. The third kappa shape index (κ3) is 5.48. The number of H-pyrrole nitrogens is 2. The number of nitrogens with two attached hydrogens (primary N) is 1. The number of nitrogens with one attached hydrogen (secondary N) is 2. The highest BCUT2D eigenvalue weighted by atomic mass is 32.2. The number of fused-ring (bicyclic) bond motifs is 1. The van der Waals surface area contributed by atoms with Crippen molar-refractivity contribution in [2.75, 3.05) is 19.0 Å². The van der Waals surface area contributed by atoms with Gasteiger partial charge in [-0.1, -0.05) is 43.3 Å². The van der Waals surface area contributed by atoms with Gasteiger partial charge >= 0.3 is 5.69 Å². The molecule has 1 amide bonds. The van der Waals surface area contributed by atoms with Crippen LogP contribution in [0.15, 0.2) is 70.7 Å². The molecule has 0 aliphatic rings. The van der Waals surface area contributed by atoms with Gasteiger partial charge in [-0.15, -0.1) is 0 Å². The number of anilines is 1. The second kappa shape index (κ2) is 11.0. The number of carbonyl (C=O) groups is 1. The average Bonchev–Trinajstić information content (AvgIpc) is 3.59. The zero-order valence-electron chi connectivity index (χ0n) is 22.8. The lowest BCUT2D eigenvalue weighted by atomic mass is 10.0. The monoisotopic (exact) mass is 574 g/mol. The molecule has 0 bridgehead atoms. The fourth-order valence-electron chi connectivity index (χ4n) is 4.94. The number of aromatic nitrogens is 6. The Kier molecular flexibility index (Phi) is 7.45. The SMILES string of the molecule is CC[C@H](CCc1nc2c(-c3ccc(-c4ccccc4)nc3)cnn2c(N)c1S(C)(=O)=O)N(C)C(=O)c1c[nH]c(=O)[nH]1. The number of benzene rings is 1. The maximum atomic E-state index is 12.9. The Morgan fingerprint density at radius 3 is 2.49 bits per heavy atom. The van der Waals surface area contributed by atoms with Gasteiger partial charge < -0.3 is 20.6 Å². The molecule has 0 saturated carbocycles. The highest BCUT2D eigenvalue weighted by Gasteiger charge is 2.26. The molecule has 4 N–H and O–H groups in total. The number of sulfone groups is 1. The van der Waals surface area contributed by atoms with Gasteiger partial charge in [0.15, 0.2) is 15.5 Å². The molecule has 41 heavy (non-hydrogen) atoms. The number of hydrogen-bond acceptors (Lipinski definition) is 8. The normalized spacial score (nSPS) is 12.5. The molecule has 13 heteroatoms. The third-order valence-corrected chi connectivity index (χ3v) is 8.29. The van der Waals surface area contributed by atoms with E-state index in [0.29, 0.717) is 29.7 Å². The third-order valence-electron chi connectivity index (χ3n) is 7.10. The van der Waals surface area contributed by atoms with E-state index in [9.17, 15) is 18.0 Å². The Morgan fingerprint density at radius 1 is 1.12 bits per heavy atom. The molecule has 5 aromatic rings. The number of nitrogen functional groups attached to an aromatic ring is 1. The largest absolute Gasteiger partial charge is 0.382 e. The lowest BCUT2D eigenvalue weighted by Crippen LogP contribution is -2.37. The summed E-state index contributed by atoms with van der Waals surface area (Å²) in [5, 5.41) is 4.34. The molecule has 4 heterocycles. The summed E-state index contributed by atoms with van der Waals surface area (Å²) in [6.07, 6.45) is 6.97. The molecule has 1 aromatic carbocycles. The Balaban J connectivity index is 1.49. The van der Waals surface area contributed by atoms with Gasteiger partial charge in [-0.2, -0.15) is 9.61 Å². The minimum atomic E-state index is -3.76. The van der Waals surface area contributed by atoms with Crippen LogP contribution in [0.2, 0.25) is 0 Å². The first kappa shape index (κ1) is 27.8. The predicted octanol–water partition coefficient (Wildman–Crippen LogP) is 2.94. The van der Waals surface area contributed by atoms with Crippen molar-refractivity contribution in [2.45, 2.75) is 37.1 Å². The van der Waals surface area contributed by atoms with E-state index < -0.39 is 15.5 Å². The van der Waals surface area contributed by atoms with E-state index in [1.165, 1.54) is 15.6 Å². The lowest BCUT2D eigenvalue weighted by Gasteiger charge is -2.27. The molecule has 0 aliphatic carbocycles. The van der Waals surface area contributed by atoms with E-state index in [4.69, 9.17) is 10.7 Å². The van der Waals surface area contributed by atoms with Crippen LogP contribution in [0.5, 0.6) is 0 Å². The van der Waals surface area contributed by atoms with Crippen LogP contribution in [0.4, 0.5) is 5.82 Å². The van der Waals surface area contributed by atoms with Crippen molar-refractivity contribution in [1.82, 2.24) is 34.4 Å². The molecule has 0 fully saturated rings. The van der Waals surface area contributed by atoms with Crippen LogP contribution in [0.25, 0.3) is 28.0 Å². The standard InChI is InChI=1S/C28H30N8O4S/c1-4-19(35(2)27(37)23-16-31-28(38)34-23)11-13-22-24(41(3,39)40)25(29)36-26(33-22)20(15-32-36)18-10-12-21(30-14-18)17-8-6-5-7-9-17/h5-10,12,14-16,19H,4,11,13,29H2,1-3H3,(H2,31,34,38)/t19-/m1/s1. The Hall–Kier alpha value is -4.78. The molecule has 0 aliphatic heterocycles. The minimum absolute atomic E-state index is 0.0324. The van der Waals surface area contributed by atoms with Crippen molar-refractivity contribution in [3.8, 4) is 22.4 Å². The van der Waals surface area contributed by atoms with Gasteiger partial charge in [0.2, 0.25) is 0 Å². The first-order valence-electron chi connectivity index (χ1n) is 13.0. The summed E-state index contributed by atoms with van der Waals surface area (Å²) in [7, 11) is -2.12. The van der Waals surface area contributed by atoms with Crippen LogP contribution < -0.4 is 11.4 Å². The van der Waals surface area contributed by atoms with Crippen molar-refractivity contribution in [3.05, 3.63) is 82.9 Å². The second-order valence-corrected chi connectivity index (χ2v) is 11.8. The quantitative estimate of drug-likeness (QED) is 0.241. The molecule has 4 aromatic heterocycles. The molecule has 1 atom stereocenters. The topological polar surface area (TPSA) is 172 Å². The van der Waals surface area contributed by atoms with Gasteiger partial charge in [-0.05, 0) is 25.3 Å². The summed E-state index contributed by atoms with van der Waals surface area (Å²) < 4.78 is 27.0. The van der Waals surface area contributed by atoms with E-state index in [1.807, 2.05) is 49.4 Å². The molecule has 5 rings (SSSR count). The Labute approximate surface area is 236 Å². The number of aryl methyl sites for hydroxylation is 1. The molecule has 0 saturated heterocycles. The smallest absolute Gasteiger partial charge is 0.323 e. The number of aromatic amines is 2. The summed E-state index contributed by atoms with van der Waals surface area (Å²) in [5.41, 5.74) is 9.96. The van der Waals surface area contributed by atoms with Crippen LogP contribution in [0, 0.1) is 0 Å². The van der Waals surface area contributed by atoms with Gasteiger partial charge in [-0.3, -0.25) is 9.78 Å².